The summed E-state index contributed by atoms with van der Waals surface area (Å²) in [7, 11) is 4.68. The Labute approximate surface area is 281 Å². The van der Waals surface area contributed by atoms with Crippen LogP contribution in [0.4, 0.5) is 0 Å². The van der Waals surface area contributed by atoms with Crippen LogP contribution in [0.5, 0.6) is 23.0 Å². The molecule has 5 aromatic rings. The number of thiazole rings is 1. The number of hydrogen-bond acceptors (Lipinski definition) is 9. The van der Waals surface area contributed by atoms with Crippen molar-refractivity contribution < 1.29 is 28.5 Å². The van der Waals surface area contributed by atoms with Gasteiger partial charge in [0.25, 0.3) is 5.56 Å². The summed E-state index contributed by atoms with van der Waals surface area (Å²) in [5, 5.41) is 0. The van der Waals surface area contributed by atoms with Crippen molar-refractivity contribution in [3.05, 3.63) is 150 Å². The number of carbonyl (C=O) groups is 1. The second-order valence-electron chi connectivity index (χ2n) is 10.9. The van der Waals surface area contributed by atoms with Crippen molar-refractivity contribution in [2.24, 2.45) is 4.99 Å². The summed E-state index contributed by atoms with van der Waals surface area (Å²) >= 11 is 1.24. The van der Waals surface area contributed by atoms with Gasteiger partial charge in [-0.25, -0.2) is 9.79 Å². The molecule has 1 aliphatic heterocycles. The fourth-order valence-corrected chi connectivity index (χ4v) is 6.55. The molecule has 0 amide bonds. The molecular formula is C38H34N2O7S. The summed E-state index contributed by atoms with van der Waals surface area (Å²) in [6, 6.07) is 29.2. The van der Waals surface area contributed by atoms with E-state index in [1.807, 2.05) is 72.8 Å². The van der Waals surface area contributed by atoms with E-state index < -0.39 is 12.0 Å². The van der Waals surface area contributed by atoms with E-state index >= 15 is 0 Å². The first-order chi connectivity index (χ1) is 23.4. The third-order valence-electron chi connectivity index (χ3n) is 7.90. The maximum atomic E-state index is 14.2. The Bertz CT molecular complexity index is 2160. The third kappa shape index (κ3) is 6.74. The number of aromatic nitrogens is 1. The Balaban J connectivity index is 1.43. The van der Waals surface area contributed by atoms with Crippen molar-refractivity contribution in [3.8, 4) is 23.0 Å². The van der Waals surface area contributed by atoms with Crippen molar-refractivity contribution in [3.63, 3.8) is 0 Å². The maximum Gasteiger partial charge on any atom is 0.338 e. The first-order valence-corrected chi connectivity index (χ1v) is 16.0. The molecule has 1 aromatic heterocycles. The van der Waals surface area contributed by atoms with Crippen LogP contribution >= 0.6 is 11.3 Å². The molecule has 1 atom stereocenters. The Morgan fingerprint density at radius 2 is 1.42 bits per heavy atom. The van der Waals surface area contributed by atoms with Crippen molar-refractivity contribution in [2.45, 2.75) is 26.2 Å². The van der Waals surface area contributed by atoms with Gasteiger partial charge in [0.2, 0.25) is 0 Å². The lowest BCUT2D eigenvalue weighted by molar-refractivity contribution is -0.140. The van der Waals surface area contributed by atoms with Gasteiger partial charge in [-0.1, -0.05) is 84.1 Å². The first kappa shape index (κ1) is 32.3. The van der Waals surface area contributed by atoms with Gasteiger partial charge in [0.05, 0.1) is 43.2 Å². The standard InChI is InChI=1S/C38H34N2O7S/c1-24-34(37(42)47-23-26-13-9-6-10-14-26)35(28-16-18-30(32(21-28)45-4)46-22-25-11-7-5-8-12-25)40-36(41)33(48-38(40)39-24)20-27-15-17-29(43-2)31(19-27)44-3/h5-21,35H,22-23H2,1-4H3/b33-20-. The van der Waals surface area contributed by atoms with Crippen LogP contribution in [0.2, 0.25) is 0 Å². The zero-order chi connectivity index (χ0) is 33.6. The first-order valence-electron chi connectivity index (χ1n) is 15.2. The summed E-state index contributed by atoms with van der Waals surface area (Å²) in [5.41, 5.74) is 3.65. The van der Waals surface area contributed by atoms with Gasteiger partial charge in [0.15, 0.2) is 27.8 Å². The molecule has 9 nitrogen and oxygen atoms in total. The van der Waals surface area contributed by atoms with Crippen molar-refractivity contribution in [2.75, 3.05) is 21.3 Å². The molecule has 2 heterocycles. The molecule has 244 valence electrons. The molecular weight excluding hydrogens is 628 g/mol. The molecule has 6 rings (SSSR count). The molecule has 1 aliphatic rings. The highest BCUT2D eigenvalue weighted by atomic mass is 32.1. The second kappa shape index (κ2) is 14.4. The van der Waals surface area contributed by atoms with E-state index in [4.69, 9.17) is 28.7 Å². The molecule has 1 unspecified atom stereocenters. The van der Waals surface area contributed by atoms with Gasteiger partial charge in [-0.3, -0.25) is 9.36 Å². The molecule has 0 bridgehead atoms. The van der Waals surface area contributed by atoms with Gasteiger partial charge in [-0.15, -0.1) is 0 Å². The molecule has 0 saturated carbocycles. The Morgan fingerprint density at radius 3 is 2.08 bits per heavy atom. The monoisotopic (exact) mass is 662 g/mol. The van der Waals surface area contributed by atoms with Gasteiger partial charge >= 0.3 is 5.97 Å². The molecule has 4 aromatic carbocycles. The van der Waals surface area contributed by atoms with E-state index in [9.17, 15) is 9.59 Å². The predicted molar refractivity (Wildman–Crippen MR) is 183 cm³/mol. The van der Waals surface area contributed by atoms with E-state index in [2.05, 4.69) is 0 Å². The zero-order valence-corrected chi connectivity index (χ0v) is 27.8. The normalized spacial score (nSPS) is 14.2. The summed E-state index contributed by atoms with van der Waals surface area (Å²) in [4.78, 5) is 33.2. The lowest BCUT2D eigenvalue weighted by atomic mass is 9.95. The van der Waals surface area contributed by atoms with E-state index in [1.54, 1.807) is 63.2 Å². The number of allylic oxidation sites excluding steroid dienone is 1. The lowest BCUT2D eigenvalue weighted by Gasteiger charge is -2.25. The molecule has 0 fully saturated rings. The second-order valence-corrected chi connectivity index (χ2v) is 12.0. The minimum absolute atomic E-state index is 0.0719. The van der Waals surface area contributed by atoms with Gasteiger partial charge in [-0.05, 0) is 59.5 Å². The van der Waals surface area contributed by atoms with Crippen molar-refractivity contribution in [1.82, 2.24) is 4.57 Å². The average Bonchev–Trinajstić information content (AvgIpc) is 3.43. The van der Waals surface area contributed by atoms with Crippen LogP contribution in [0.3, 0.4) is 0 Å². The van der Waals surface area contributed by atoms with Crippen LogP contribution < -0.4 is 33.8 Å². The molecule has 0 saturated heterocycles. The van der Waals surface area contributed by atoms with E-state index in [0.29, 0.717) is 50.2 Å². The van der Waals surface area contributed by atoms with Gasteiger partial charge in [0.1, 0.15) is 13.2 Å². The number of methoxy groups -OCH3 is 3. The number of hydrogen-bond donors (Lipinski definition) is 0. The Hall–Kier alpha value is -5.61. The van der Waals surface area contributed by atoms with Crippen molar-refractivity contribution >= 4 is 23.4 Å². The van der Waals surface area contributed by atoms with Crippen LogP contribution in [-0.2, 0) is 22.7 Å². The molecule has 0 aliphatic carbocycles. The van der Waals surface area contributed by atoms with Crippen LogP contribution in [-0.4, -0.2) is 31.9 Å². The fourth-order valence-electron chi connectivity index (χ4n) is 5.50. The minimum atomic E-state index is -0.839. The topological polar surface area (TPSA) is 97.6 Å². The number of fused-ring (bicyclic) bond motifs is 1. The summed E-state index contributed by atoms with van der Waals surface area (Å²) in [6.07, 6.45) is 1.77. The quantitative estimate of drug-likeness (QED) is 0.170. The number of carbonyl (C=O) groups excluding carboxylic acids is 1. The number of benzene rings is 4. The highest BCUT2D eigenvalue weighted by Crippen LogP contribution is 2.37. The number of nitrogens with zero attached hydrogens (tertiary/aromatic N) is 2. The van der Waals surface area contributed by atoms with E-state index in [-0.39, 0.29) is 17.7 Å². The minimum Gasteiger partial charge on any atom is -0.493 e. The van der Waals surface area contributed by atoms with Crippen LogP contribution in [0, 0.1) is 0 Å². The van der Waals surface area contributed by atoms with Crippen molar-refractivity contribution in [1.29, 1.82) is 0 Å². The number of esters is 1. The smallest absolute Gasteiger partial charge is 0.338 e. The zero-order valence-electron chi connectivity index (χ0n) is 27.0. The van der Waals surface area contributed by atoms with Gasteiger partial charge < -0.3 is 23.7 Å². The third-order valence-corrected chi connectivity index (χ3v) is 8.88. The predicted octanol–water partition coefficient (Wildman–Crippen LogP) is 5.58. The largest absolute Gasteiger partial charge is 0.493 e. The lowest BCUT2D eigenvalue weighted by Crippen LogP contribution is -2.39. The highest BCUT2D eigenvalue weighted by Gasteiger charge is 2.34. The van der Waals surface area contributed by atoms with Gasteiger partial charge in [-0.2, -0.15) is 0 Å². The molecule has 0 radical (unpaired) electrons. The summed E-state index contributed by atoms with van der Waals surface area (Å²) in [6.45, 7) is 2.17. The average molecular weight is 663 g/mol. The fraction of sp³-hybridized carbons (Fsp3) is 0.184. The Kier molecular flexibility index (Phi) is 9.73. The number of rotatable bonds is 11. The van der Waals surface area contributed by atoms with Crippen LogP contribution in [0.25, 0.3) is 6.08 Å². The SMILES string of the molecule is COc1ccc(/C=c2\sc3n(c2=O)C(c2ccc(OCc4ccccc4)c(OC)c2)C(C(=O)OCc2ccccc2)=C(C)N=3)cc1OC. The summed E-state index contributed by atoms with van der Waals surface area (Å²) < 4.78 is 30.5. The highest BCUT2D eigenvalue weighted by molar-refractivity contribution is 7.07. The Morgan fingerprint density at radius 1 is 0.792 bits per heavy atom. The van der Waals surface area contributed by atoms with Crippen LogP contribution in [0.15, 0.2) is 118 Å². The molecule has 48 heavy (non-hydrogen) atoms. The van der Waals surface area contributed by atoms with E-state index in [0.717, 1.165) is 16.7 Å². The molecule has 0 N–H and O–H groups in total. The molecule has 10 heteroatoms. The molecule has 0 spiro atoms. The van der Waals surface area contributed by atoms with Gasteiger partial charge in [0, 0.05) is 0 Å². The van der Waals surface area contributed by atoms with E-state index in [1.165, 1.54) is 11.3 Å². The number of ether oxygens (including phenoxy) is 5. The summed E-state index contributed by atoms with van der Waals surface area (Å²) in [5.74, 6) is 1.54. The maximum absolute atomic E-state index is 14.2. The van der Waals surface area contributed by atoms with Crippen LogP contribution in [0.1, 0.15) is 35.2 Å².